The molecule has 2 bridgehead atoms. The third kappa shape index (κ3) is 3.15. The number of aliphatic hydroxyl groups is 1. The van der Waals surface area contributed by atoms with E-state index in [1.165, 1.54) is 6.08 Å². The van der Waals surface area contributed by atoms with Gasteiger partial charge in [-0.2, -0.15) is 0 Å². The molecule has 1 spiro atoms. The standard InChI is InChI=1S/C26H30N2O6/c1-14-8-26(25(32)28(14)18-7-23(30)33-12-18)9-16-3-4-17(10-26)27(16)11-22(29)19-5-6-20-21(15(19)2)13-34-24(20)31/h5-7,14,16-17,22,29H,3-4,8-13H2,1-2H3/t14?,16-,17-,22-/m1/s1. The average Bonchev–Trinajstić information content (AvgIpc) is 3.50. The summed E-state index contributed by atoms with van der Waals surface area (Å²) in [7, 11) is 0. The number of hydrogen-bond acceptors (Lipinski definition) is 7. The Kier molecular flexibility index (Phi) is 4.90. The van der Waals surface area contributed by atoms with Crippen LogP contribution in [-0.2, 0) is 25.7 Å². The van der Waals surface area contributed by atoms with Gasteiger partial charge in [-0.05, 0) is 63.1 Å². The van der Waals surface area contributed by atoms with Gasteiger partial charge in [0.15, 0.2) is 0 Å². The summed E-state index contributed by atoms with van der Waals surface area (Å²) in [5, 5.41) is 11.2. The Bertz CT molecular complexity index is 1110. The first-order chi connectivity index (χ1) is 16.3. The number of nitrogens with zero attached hydrogens (tertiary/aromatic N) is 2. The quantitative estimate of drug-likeness (QED) is 0.681. The van der Waals surface area contributed by atoms with Gasteiger partial charge < -0.3 is 19.5 Å². The van der Waals surface area contributed by atoms with Crippen molar-refractivity contribution < 1.29 is 29.0 Å². The van der Waals surface area contributed by atoms with Crippen molar-refractivity contribution in [1.29, 1.82) is 0 Å². The molecule has 0 aromatic heterocycles. The molecule has 1 aromatic carbocycles. The summed E-state index contributed by atoms with van der Waals surface area (Å²) >= 11 is 0. The van der Waals surface area contributed by atoms with E-state index in [-0.39, 0.29) is 49.2 Å². The van der Waals surface area contributed by atoms with Gasteiger partial charge in [-0.25, -0.2) is 9.59 Å². The normalized spacial score (nSPS) is 33.4. The first-order valence-corrected chi connectivity index (χ1v) is 12.2. The van der Waals surface area contributed by atoms with Gasteiger partial charge in [-0.15, -0.1) is 0 Å². The van der Waals surface area contributed by atoms with E-state index in [2.05, 4.69) is 11.8 Å². The third-order valence-electron chi connectivity index (χ3n) is 8.73. The Morgan fingerprint density at radius 2 is 1.82 bits per heavy atom. The van der Waals surface area contributed by atoms with Crippen molar-refractivity contribution >= 4 is 17.8 Å². The lowest BCUT2D eigenvalue weighted by molar-refractivity contribution is -0.140. The number of carbonyl (C=O) groups excluding carboxylic acids is 3. The number of ether oxygens (including phenoxy) is 2. The number of aliphatic hydroxyl groups excluding tert-OH is 1. The average molecular weight is 467 g/mol. The second kappa shape index (κ2) is 7.65. The summed E-state index contributed by atoms with van der Waals surface area (Å²) in [6.45, 7) is 4.95. The van der Waals surface area contributed by atoms with E-state index in [1.54, 1.807) is 11.0 Å². The summed E-state index contributed by atoms with van der Waals surface area (Å²) in [5.74, 6) is -0.550. The molecule has 180 valence electrons. The van der Waals surface area contributed by atoms with E-state index in [1.807, 2.05) is 13.0 Å². The van der Waals surface area contributed by atoms with Crippen LogP contribution in [0.15, 0.2) is 23.9 Å². The summed E-state index contributed by atoms with van der Waals surface area (Å²) in [5.41, 5.74) is 3.51. The number of piperidine rings is 1. The van der Waals surface area contributed by atoms with Gasteiger partial charge in [0, 0.05) is 36.3 Å². The van der Waals surface area contributed by atoms with E-state index in [4.69, 9.17) is 9.47 Å². The minimum absolute atomic E-state index is 0.0452. The molecule has 1 N–H and O–H groups in total. The number of esters is 2. The van der Waals surface area contributed by atoms with Crippen LogP contribution in [0.4, 0.5) is 0 Å². The monoisotopic (exact) mass is 466 g/mol. The van der Waals surface area contributed by atoms with Gasteiger partial charge in [-0.3, -0.25) is 9.69 Å². The van der Waals surface area contributed by atoms with Crippen LogP contribution < -0.4 is 0 Å². The fraction of sp³-hybridized carbons (Fsp3) is 0.577. The van der Waals surface area contributed by atoms with Gasteiger partial charge in [0.2, 0.25) is 5.91 Å². The van der Waals surface area contributed by atoms with E-state index in [0.717, 1.165) is 48.8 Å². The SMILES string of the molecule is Cc1c([C@H](O)CN2[C@@H]3CC[C@@H]2CC2(CC(C)N(C4=CC(=O)OC4)C2=O)C3)ccc2c1COC2=O. The zero-order valence-corrected chi connectivity index (χ0v) is 19.6. The number of cyclic esters (lactones) is 2. The van der Waals surface area contributed by atoms with Gasteiger partial charge in [0.1, 0.15) is 13.2 Å². The molecule has 5 aliphatic rings. The molecule has 1 unspecified atom stereocenters. The smallest absolute Gasteiger partial charge is 0.338 e. The topological polar surface area (TPSA) is 96.4 Å². The van der Waals surface area contributed by atoms with Crippen molar-refractivity contribution in [3.05, 3.63) is 46.2 Å². The fourth-order valence-electron chi connectivity index (χ4n) is 7.22. The second-order valence-electron chi connectivity index (χ2n) is 10.6. The molecule has 0 aliphatic carbocycles. The van der Waals surface area contributed by atoms with Crippen molar-refractivity contribution in [3.8, 4) is 0 Å². The van der Waals surface area contributed by atoms with Crippen LogP contribution in [0.5, 0.6) is 0 Å². The molecule has 8 nitrogen and oxygen atoms in total. The third-order valence-corrected chi connectivity index (χ3v) is 8.73. The predicted molar refractivity (Wildman–Crippen MR) is 120 cm³/mol. The number of rotatable bonds is 4. The van der Waals surface area contributed by atoms with Crippen LogP contribution in [0.1, 0.15) is 72.2 Å². The Morgan fingerprint density at radius 1 is 1.09 bits per heavy atom. The predicted octanol–water partition coefficient (Wildman–Crippen LogP) is 2.37. The fourth-order valence-corrected chi connectivity index (χ4v) is 7.22. The highest BCUT2D eigenvalue weighted by molar-refractivity contribution is 5.94. The molecule has 6 rings (SSSR count). The van der Waals surface area contributed by atoms with Crippen LogP contribution in [0.3, 0.4) is 0 Å². The van der Waals surface area contributed by atoms with E-state index < -0.39 is 11.5 Å². The van der Waals surface area contributed by atoms with Crippen molar-refractivity contribution in [3.63, 3.8) is 0 Å². The first kappa shape index (κ1) is 21.8. The van der Waals surface area contributed by atoms with Crippen molar-refractivity contribution in [2.24, 2.45) is 5.41 Å². The summed E-state index contributed by atoms with van der Waals surface area (Å²) in [6.07, 6.45) is 5.18. The van der Waals surface area contributed by atoms with Crippen molar-refractivity contribution in [2.75, 3.05) is 13.2 Å². The highest BCUT2D eigenvalue weighted by Crippen LogP contribution is 2.53. The Balaban J connectivity index is 1.19. The van der Waals surface area contributed by atoms with Crippen LogP contribution in [0.2, 0.25) is 0 Å². The second-order valence-corrected chi connectivity index (χ2v) is 10.6. The van der Waals surface area contributed by atoms with Crippen molar-refractivity contribution in [1.82, 2.24) is 9.80 Å². The molecule has 1 amide bonds. The van der Waals surface area contributed by atoms with E-state index >= 15 is 0 Å². The van der Waals surface area contributed by atoms with Gasteiger partial charge >= 0.3 is 11.9 Å². The molecule has 3 saturated heterocycles. The maximum atomic E-state index is 13.6. The Labute approximate surface area is 198 Å². The largest absolute Gasteiger partial charge is 0.457 e. The lowest BCUT2D eigenvalue weighted by atomic mass is 9.72. The molecule has 3 fully saturated rings. The zero-order valence-electron chi connectivity index (χ0n) is 19.6. The molecular formula is C26H30N2O6. The summed E-state index contributed by atoms with van der Waals surface area (Å²) < 4.78 is 10.2. The number of carbonyl (C=O) groups is 3. The Morgan fingerprint density at radius 3 is 2.50 bits per heavy atom. The Hall–Kier alpha value is -2.71. The number of benzene rings is 1. The molecular weight excluding hydrogens is 436 g/mol. The molecule has 1 aromatic rings. The molecule has 8 heteroatoms. The molecule has 5 heterocycles. The van der Waals surface area contributed by atoms with Gasteiger partial charge in [0.05, 0.1) is 22.8 Å². The number of fused-ring (bicyclic) bond motifs is 3. The number of likely N-dealkylation sites (tertiary alicyclic amines) is 1. The van der Waals surface area contributed by atoms with E-state index in [9.17, 15) is 19.5 Å². The molecule has 4 atom stereocenters. The molecule has 5 aliphatic heterocycles. The number of amides is 1. The van der Waals surface area contributed by atoms with Crippen LogP contribution in [0.25, 0.3) is 0 Å². The minimum atomic E-state index is -0.667. The molecule has 34 heavy (non-hydrogen) atoms. The van der Waals surface area contributed by atoms with Crippen LogP contribution in [-0.4, -0.2) is 64.0 Å². The highest BCUT2D eigenvalue weighted by Gasteiger charge is 2.58. The maximum Gasteiger partial charge on any atom is 0.338 e. The lowest BCUT2D eigenvalue weighted by Crippen LogP contribution is -2.51. The minimum Gasteiger partial charge on any atom is -0.457 e. The lowest BCUT2D eigenvalue weighted by Gasteiger charge is -2.44. The van der Waals surface area contributed by atoms with Crippen molar-refractivity contribution in [2.45, 2.75) is 76.8 Å². The van der Waals surface area contributed by atoms with Crippen LogP contribution in [0, 0.1) is 12.3 Å². The summed E-state index contributed by atoms with van der Waals surface area (Å²) in [6, 6.07) is 4.15. The number of hydrogen-bond donors (Lipinski definition) is 1. The zero-order chi connectivity index (χ0) is 23.8. The summed E-state index contributed by atoms with van der Waals surface area (Å²) in [4.78, 5) is 41.3. The highest BCUT2D eigenvalue weighted by atomic mass is 16.5. The molecule has 0 saturated carbocycles. The maximum absolute atomic E-state index is 13.6. The van der Waals surface area contributed by atoms with E-state index in [0.29, 0.717) is 17.8 Å². The van der Waals surface area contributed by atoms with Crippen LogP contribution >= 0.6 is 0 Å². The molecule has 0 radical (unpaired) electrons. The first-order valence-electron chi connectivity index (χ1n) is 12.2. The van der Waals surface area contributed by atoms with Gasteiger partial charge in [-0.1, -0.05) is 6.07 Å². The van der Waals surface area contributed by atoms with Gasteiger partial charge in [0.25, 0.3) is 0 Å².